The molecule has 2 heterocycles. The Morgan fingerprint density at radius 3 is 2.58 bits per heavy atom. The SMILES string of the molecule is Cc1nc(C(F)(F)F)nc(N2CCC(c3ccccc3C(=O)O)C2)c1C. The predicted molar refractivity (Wildman–Crippen MR) is 89.5 cm³/mol. The first-order valence-corrected chi connectivity index (χ1v) is 8.18. The third kappa shape index (κ3) is 3.36. The van der Waals surface area contributed by atoms with Crippen LogP contribution in [0.2, 0.25) is 0 Å². The predicted octanol–water partition coefficient (Wildman–Crippen LogP) is 3.80. The number of aryl methyl sites for hydroxylation is 1. The summed E-state index contributed by atoms with van der Waals surface area (Å²) < 4.78 is 39.1. The Morgan fingerprint density at radius 2 is 1.92 bits per heavy atom. The Kier molecular flexibility index (Phi) is 4.60. The van der Waals surface area contributed by atoms with Crippen molar-refractivity contribution in [2.24, 2.45) is 0 Å². The molecule has 1 aliphatic heterocycles. The Morgan fingerprint density at radius 1 is 1.23 bits per heavy atom. The molecular formula is C18H18F3N3O2. The molecule has 1 N–H and O–H groups in total. The average molecular weight is 365 g/mol. The number of aromatic carboxylic acids is 1. The van der Waals surface area contributed by atoms with E-state index >= 15 is 0 Å². The number of rotatable bonds is 3. The molecule has 1 aromatic carbocycles. The zero-order chi connectivity index (χ0) is 19.1. The van der Waals surface area contributed by atoms with Crippen LogP contribution in [0.25, 0.3) is 0 Å². The smallest absolute Gasteiger partial charge is 0.451 e. The van der Waals surface area contributed by atoms with Crippen molar-refractivity contribution < 1.29 is 23.1 Å². The van der Waals surface area contributed by atoms with E-state index in [0.717, 1.165) is 0 Å². The van der Waals surface area contributed by atoms with Crippen molar-refractivity contribution in [2.45, 2.75) is 32.4 Å². The quantitative estimate of drug-likeness (QED) is 0.896. The molecule has 0 aliphatic carbocycles. The Bertz CT molecular complexity index is 852. The zero-order valence-corrected chi connectivity index (χ0v) is 14.3. The van der Waals surface area contributed by atoms with Crippen molar-refractivity contribution in [2.75, 3.05) is 18.0 Å². The molecule has 0 radical (unpaired) electrons. The molecule has 0 bridgehead atoms. The number of anilines is 1. The largest absolute Gasteiger partial charge is 0.478 e. The lowest BCUT2D eigenvalue weighted by Gasteiger charge is -2.22. The fourth-order valence-electron chi connectivity index (χ4n) is 3.30. The lowest BCUT2D eigenvalue weighted by molar-refractivity contribution is -0.145. The molecule has 1 unspecified atom stereocenters. The highest BCUT2D eigenvalue weighted by Crippen LogP contribution is 2.35. The van der Waals surface area contributed by atoms with E-state index in [-0.39, 0.29) is 23.0 Å². The molecule has 0 saturated carbocycles. The molecule has 26 heavy (non-hydrogen) atoms. The van der Waals surface area contributed by atoms with Crippen LogP contribution in [0.3, 0.4) is 0 Å². The summed E-state index contributed by atoms with van der Waals surface area (Å²) in [7, 11) is 0. The van der Waals surface area contributed by atoms with Gasteiger partial charge in [-0.3, -0.25) is 0 Å². The molecule has 8 heteroatoms. The number of nitrogens with zero attached hydrogens (tertiary/aromatic N) is 3. The third-order valence-corrected chi connectivity index (χ3v) is 4.74. The van der Waals surface area contributed by atoms with Crippen LogP contribution in [0.4, 0.5) is 19.0 Å². The van der Waals surface area contributed by atoms with Gasteiger partial charge in [0.05, 0.1) is 5.56 Å². The van der Waals surface area contributed by atoms with Crippen molar-refractivity contribution in [3.63, 3.8) is 0 Å². The van der Waals surface area contributed by atoms with Crippen molar-refractivity contribution in [3.05, 3.63) is 52.5 Å². The standard InChI is InChI=1S/C18H18F3N3O2/c1-10-11(2)22-17(18(19,20)21)23-15(10)24-8-7-12(9-24)13-5-3-4-6-14(13)16(25)26/h3-6,12H,7-9H2,1-2H3,(H,25,26). The van der Waals surface area contributed by atoms with Crippen LogP contribution >= 0.6 is 0 Å². The Hall–Kier alpha value is -2.64. The van der Waals surface area contributed by atoms with E-state index in [1.165, 1.54) is 6.92 Å². The van der Waals surface area contributed by atoms with E-state index in [4.69, 9.17) is 0 Å². The van der Waals surface area contributed by atoms with Crippen molar-refractivity contribution in [3.8, 4) is 0 Å². The fourth-order valence-corrected chi connectivity index (χ4v) is 3.30. The van der Waals surface area contributed by atoms with Crippen LogP contribution in [0.5, 0.6) is 0 Å². The molecule has 2 aromatic rings. The van der Waals surface area contributed by atoms with Gasteiger partial charge in [0.2, 0.25) is 5.82 Å². The van der Waals surface area contributed by atoms with Gasteiger partial charge in [-0.1, -0.05) is 18.2 Å². The number of hydrogen-bond donors (Lipinski definition) is 1. The van der Waals surface area contributed by atoms with E-state index < -0.39 is 18.0 Å². The lowest BCUT2D eigenvalue weighted by atomic mass is 9.93. The van der Waals surface area contributed by atoms with Crippen molar-refractivity contribution in [1.82, 2.24) is 9.97 Å². The number of hydrogen-bond acceptors (Lipinski definition) is 4. The minimum absolute atomic E-state index is 0.0775. The van der Waals surface area contributed by atoms with Crippen LogP contribution in [0.15, 0.2) is 24.3 Å². The molecule has 3 rings (SSSR count). The fraction of sp³-hybridized carbons (Fsp3) is 0.389. The summed E-state index contributed by atoms with van der Waals surface area (Å²) in [6.45, 7) is 4.15. The number of carboxylic acids is 1. The minimum atomic E-state index is -4.61. The Labute approximate surface area is 148 Å². The molecule has 5 nitrogen and oxygen atoms in total. The van der Waals surface area contributed by atoms with Crippen molar-refractivity contribution in [1.29, 1.82) is 0 Å². The summed E-state index contributed by atoms with van der Waals surface area (Å²) in [5, 5.41) is 9.36. The van der Waals surface area contributed by atoms with E-state index in [9.17, 15) is 23.1 Å². The molecule has 1 saturated heterocycles. The normalized spacial score (nSPS) is 17.6. The number of carbonyl (C=O) groups is 1. The number of alkyl halides is 3. The van der Waals surface area contributed by atoms with Gasteiger partial charge in [0, 0.05) is 30.3 Å². The molecule has 1 fully saturated rings. The van der Waals surface area contributed by atoms with Gasteiger partial charge >= 0.3 is 12.1 Å². The maximum absolute atomic E-state index is 13.0. The van der Waals surface area contributed by atoms with Gasteiger partial charge in [0.1, 0.15) is 5.82 Å². The highest BCUT2D eigenvalue weighted by Gasteiger charge is 2.37. The van der Waals surface area contributed by atoms with Crippen LogP contribution < -0.4 is 4.90 Å². The van der Waals surface area contributed by atoms with Gasteiger partial charge in [0.15, 0.2) is 0 Å². The topological polar surface area (TPSA) is 66.3 Å². The zero-order valence-electron chi connectivity index (χ0n) is 14.3. The van der Waals surface area contributed by atoms with Gasteiger partial charge in [0.25, 0.3) is 0 Å². The summed E-state index contributed by atoms with van der Waals surface area (Å²) in [4.78, 5) is 20.5. The summed E-state index contributed by atoms with van der Waals surface area (Å²) in [5.74, 6) is -1.97. The first-order valence-electron chi connectivity index (χ1n) is 8.18. The second-order valence-corrected chi connectivity index (χ2v) is 6.40. The highest BCUT2D eigenvalue weighted by atomic mass is 19.4. The summed E-state index contributed by atoms with van der Waals surface area (Å²) in [6.07, 6.45) is -3.96. The lowest BCUT2D eigenvalue weighted by Crippen LogP contribution is -2.25. The van der Waals surface area contributed by atoms with Gasteiger partial charge < -0.3 is 10.0 Å². The average Bonchev–Trinajstić information content (AvgIpc) is 3.05. The molecular weight excluding hydrogens is 347 g/mol. The Balaban J connectivity index is 1.93. The first-order chi connectivity index (χ1) is 12.2. The highest BCUT2D eigenvalue weighted by molar-refractivity contribution is 5.89. The molecule has 138 valence electrons. The van der Waals surface area contributed by atoms with E-state index in [2.05, 4.69) is 9.97 Å². The maximum Gasteiger partial charge on any atom is 0.451 e. The molecule has 1 aromatic heterocycles. The van der Waals surface area contributed by atoms with E-state index in [1.54, 1.807) is 36.1 Å². The van der Waals surface area contributed by atoms with E-state index in [1.807, 2.05) is 0 Å². The van der Waals surface area contributed by atoms with Crippen LogP contribution in [0, 0.1) is 13.8 Å². The first kappa shape index (κ1) is 18.2. The second kappa shape index (κ2) is 6.59. The maximum atomic E-state index is 13.0. The summed E-state index contributed by atoms with van der Waals surface area (Å²) in [6, 6.07) is 6.73. The van der Waals surface area contributed by atoms with Crippen molar-refractivity contribution >= 4 is 11.8 Å². The molecule has 1 aliphatic rings. The molecule has 0 amide bonds. The number of aromatic nitrogens is 2. The minimum Gasteiger partial charge on any atom is -0.478 e. The van der Waals surface area contributed by atoms with Crippen LogP contribution in [-0.4, -0.2) is 34.1 Å². The molecule has 0 spiro atoms. The third-order valence-electron chi connectivity index (χ3n) is 4.74. The van der Waals surface area contributed by atoms with Gasteiger partial charge in [-0.2, -0.15) is 13.2 Å². The van der Waals surface area contributed by atoms with Gasteiger partial charge in [-0.15, -0.1) is 0 Å². The van der Waals surface area contributed by atoms with Gasteiger partial charge in [-0.05, 0) is 31.9 Å². The van der Waals surface area contributed by atoms with Crippen LogP contribution in [0.1, 0.15) is 45.3 Å². The number of halogens is 3. The monoisotopic (exact) mass is 365 g/mol. The van der Waals surface area contributed by atoms with Crippen LogP contribution in [-0.2, 0) is 6.18 Å². The second-order valence-electron chi connectivity index (χ2n) is 6.40. The number of carboxylic acid groups (broad SMARTS) is 1. The van der Waals surface area contributed by atoms with Gasteiger partial charge in [-0.25, -0.2) is 14.8 Å². The summed E-state index contributed by atoms with van der Waals surface area (Å²) in [5.41, 5.74) is 1.81. The number of benzene rings is 1. The summed E-state index contributed by atoms with van der Waals surface area (Å²) >= 11 is 0. The molecule has 1 atom stereocenters. The van der Waals surface area contributed by atoms with E-state index in [0.29, 0.717) is 30.6 Å².